The molecule has 164 valence electrons. The second-order valence-corrected chi connectivity index (χ2v) is 7.70. The summed E-state index contributed by atoms with van der Waals surface area (Å²) in [6, 6.07) is 19.7. The van der Waals surface area contributed by atoms with Gasteiger partial charge in [0.15, 0.2) is 5.54 Å². The van der Waals surface area contributed by atoms with E-state index in [1.165, 1.54) is 26.2 Å². The standard InChI is InChI=1S/C25H22FNO5/c1-25(23(28)29,22-20(26)12-7-13-21(22)31-2)27-24(30)32-14-19-17-10-5-3-8-15(17)16-9-4-6-11-18(16)19/h3-13,19H,14H2,1-2H3,(H,27,30)(H,28,29). The molecule has 0 saturated heterocycles. The summed E-state index contributed by atoms with van der Waals surface area (Å²) < 4.78 is 25.1. The number of aliphatic carboxylic acids is 1. The van der Waals surface area contributed by atoms with Gasteiger partial charge in [-0.2, -0.15) is 0 Å². The van der Waals surface area contributed by atoms with Gasteiger partial charge >= 0.3 is 12.1 Å². The first-order valence-electron chi connectivity index (χ1n) is 10.1. The molecular formula is C25H22FNO5. The number of rotatable bonds is 6. The Kier molecular flexibility index (Phi) is 5.57. The molecule has 7 heteroatoms. The lowest BCUT2D eigenvalue weighted by Crippen LogP contribution is -2.50. The van der Waals surface area contributed by atoms with Crippen LogP contribution in [0.1, 0.15) is 29.5 Å². The van der Waals surface area contributed by atoms with E-state index in [1.54, 1.807) is 0 Å². The zero-order valence-electron chi connectivity index (χ0n) is 17.6. The van der Waals surface area contributed by atoms with Crippen molar-refractivity contribution in [3.05, 3.63) is 89.2 Å². The third kappa shape index (κ3) is 3.56. The molecule has 6 nitrogen and oxygen atoms in total. The predicted molar refractivity (Wildman–Crippen MR) is 116 cm³/mol. The van der Waals surface area contributed by atoms with E-state index in [-0.39, 0.29) is 23.8 Å². The molecular weight excluding hydrogens is 413 g/mol. The fourth-order valence-corrected chi connectivity index (χ4v) is 4.22. The largest absolute Gasteiger partial charge is 0.496 e. The molecule has 0 aromatic heterocycles. The molecule has 0 radical (unpaired) electrons. The molecule has 0 fully saturated rings. The van der Waals surface area contributed by atoms with Crippen molar-refractivity contribution in [3.8, 4) is 16.9 Å². The number of halogens is 1. The molecule has 3 aromatic rings. The Morgan fingerprint density at radius 3 is 2.16 bits per heavy atom. The van der Waals surface area contributed by atoms with Crippen molar-refractivity contribution in [3.63, 3.8) is 0 Å². The van der Waals surface area contributed by atoms with Gasteiger partial charge in [-0.15, -0.1) is 0 Å². The van der Waals surface area contributed by atoms with Crippen LogP contribution in [0.4, 0.5) is 9.18 Å². The minimum absolute atomic E-state index is 0.00393. The molecule has 0 heterocycles. The molecule has 2 N–H and O–H groups in total. The van der Waals surface area contributed by atoms with Gasteiger partial charge in [0.1, 0.15) is 18.2 Å². The maximum Gasteiger partial charge on any atom is 0.408 e. The van der Waals surface area contributed by atoms with E-state index in [9.17, 15) is 19.1 Å². The van der Waals surface area contributed by atoms with Crippen LogP contribution in [0.5, 0.6) is 5.75 Å². The number of carbonyl (C=O) groups is 2. The third-order valence-electron chi connectivity index (χ3n) is 5.82. The molecule has 1 unspecified atom stereocenters. The fourth-order valence-electron chi connectivity index (χ4n) is 4.22. The van der Waals surface area contributed by atoms with Crippen molar-refractivity contribution >= 4 is 12.1 Å². The molecule has 4 rings (SSSR count). The maximum atomic E-state index is 14.6. The summed E-state index contributed by atoms with van der Waals surface area (Å²) in [7, 11) is 1.30. The maximum absolute atomic E-state index is 14.6. The number of alkyl carbamates (subject to hydrolysis) is 1. The van der Waals surface area contributed by atoms with E-state index in [2.05, 4.69) is 5.32 Å². The van der Waals surface area contributed by atoms with Crippen LogP contribution in [0.3, 0.4) is 0 Å². The highest BCUT2D eigenvalue weighted by molar-refractivity contribution is 5.86. The van der Waals surface area contributed by atoms with Crippen LogP contribution in [0.15, 0.2) is 66.7 Å². The Morgan fingerprint density at radius 2 is 1.59 bits per heavy atom. The van der Waals surface area contributed by atoms with Gasteiger partial charge in [-0.05, 0) is 41.3 Å². The molecule has 0 spiro atoms. The van der Waals surface area contributed by atoms with Crippen LogP contribution in [-0.4, -0.2) is 30.9 Å². The van der Waals surface area contributed by atoms with Crippen molar-refractivity contribution in [2.24, 2.45) is 0 Å². The quantitative estimate of drug-likeness (QED) is 0.588. The SMILES string of the molecule is COc1cccc(F)c1C(C)(NC(=O)OCC1c2ccccc2-c2ccccc21)C(=O)O. The van der Waals surface area contributed by atoms with Crippen molar-refractivity contribution in [1.29, 1.82) is 0 Å². The zero-order chi connectivity index (χ0) is 22.9. The van der Waals surface area contributed by atoms with E-state index in [0.717, 1.165) is 28.3 Å². The summed E-state index contributed by atoms with van der Waals surface area (Å²) in [5, 5.41) is 12.1. The van der Waals surface area contributed by atoms with E-state index >= 15 is 0 Å². The van der Waals surface area contributed by atoms with Crippen LogP contribution < -0.4 is 10.1 Å². The van der Waals surface area contributed by atoms with E-state index < -0.39 is 23.4 Å². The zero-order valence-corrected chi connectivity index (χ0v) is 17.6. The molecule has 32 heavy (non-hydrogen) atoms. The Labute approximate surface area is 184 Å². The predicted octanol–water partition coefficient (Wildman–Crippen LogP) is 4.67. The van der Waals surface area contributed by atoms with Crippen molar-refractivity contribution in [2.75, 3.05) is 13.7 Å². The number of carboxylic acid groups (broad SMARTS) is 1. The second kappa shape index (κ2) is 8.34. The third-order valence-corrected chi connectivity index (χ3v) is 5.82. The summed E-state index contributed by atoms with van der Waals surface area (Å²) in [4.78, 5) is 24.7. The van der Waals surface area contributed by atoms with Crippen molar-refractivity contribution in [1.82, 2.24) is 5.32 Å². The molecule has 0 aliphatic heterocycles. The van der Waals surface area contributed by atoms with Gasteiger partial charge < -0.3 is 19.9 Å². The molecule has 1 aliphatic carbocycles. The second-order valence-electron chi connectivity index (χ2n) is 7.70. The fraction of sp³-hybridized carbons (Fsp3) is 0.200. The number of hydrogen-bond acceptors (Lipinski definition) is 4. The van der Waals surface area contributed by atoms with Gasteiger partial charge in [-0.25, -0.2) is 14.0 Å². The minimum Gasteiger partial charge on any atom is -0.496 e. The van der Waals surface area contributed by atoms with Gasteiger partial charge in [-0.3, -0.25) is 0 Å². The average Bonchev–Trinajstić information content (AvgIpc) is 3.11. The molecule has 3 aromatic carbocycles. The highest BCUT2D eigenvalue weighted by Crippen LogP contribution is 2.44. The highest BCUT2D eigenvalue weighted by Gasteiger charge is 2.42. The van der Waals surface area contributed by atoms with Gasteiger partial charge in [-0.1, -0.05) is 54.6 Å². The van der Waals surface area contributed by atoms with Crippen molar-refractivity contribution in [2.45, 2.75) is 18.4 Å². The Hall–Kier alpha value is -3.87. The van der Waals surface area contributed by atoms with Gasteiger partial charge in [0, 0.05) is 5.92 Å². The Balaban J connectivity index is 1.57. The number of fused-ring (bicyclic) bond motifs is 3. The number of benzene rings is 3. The summed E-state index contributed by atoms with van der Waals surface area (Å²) in [5.41, 5.74) is 1.81. The number of nitrogens with one attached hydrogen (secondary N) is 1. The van der Waals surface area contributed by atoms with Crippen LogP contribution in [0, 0.1) is 5.82 Å². The molecule has 0 bridgehead atoms. The molecule has 0 saturated carbocycles. The van der Waals surface area contributed by atoms with Gasteiger partial charge in [0.2, 0.25) is 0 Å². The lowest BCUT2D eigenvalue weighted by atomic mass is 9.90. The number of ether oxygens (including phenoxy) is 2. The lowest BCUT2D eigenvalue weighted by molar-refractivity contribution is -0.144. The number of amides is 1. The minimum atomic E-state index is -2.10. The average molecular weight is 435 g/mol. The number of hydrogen-bond donors (Lipinski definition) is 2. The Morgan fingerprint density at radius 1 is 1.00 bits per heavy atom. The van der Waals surface area contributed by atoms with Crippen LogP contribution >= 0.6 is 0 Å². The number of carboxylic acids is 1. The number of carbonyl (C=O) groups excluding carboxylic acids is 1. The smallest absolute Gasteiger partial charge is 0.408 e. The van der Waals surface area contributed by atoms with Crippen LogP contribution in [0.25, 0.3) is 11.1 Å². The monoisotopic (exact) mass is 435 g/mol. The van der Waals surface area contributed by atoms with E-state index in [4.69, 9.17) is 9.47 Å². The normalized spacial score (nSPS) is 14.1. The topological polar surface area (TPSA) is 84.9 Å². The summed E-state index contributed by atoms with van der Waals surface area (Å²) in [6.07, 6.45) is -0.970. The first-order chi connectivity index (χ1) is 15.4. The highest BCUT2D eigenvalue weighted by atomic mass is 19.1. The summed E-state index contributed by atoms with van der Waals surface area (Å²) in [5.74, 6) is -2.44. The summed E-state index contributed by atoms with van der Waals surface area (Å²) in [6.45, 7) is 1.20. The van der Waals surface area contributed by atoms with Crippen LogP contribution in [-0.2, 0) is 15.1 Å². The van der Waals surface area contributed by atoms with Crippen molar-refractivity contribution < 1.29 is 28.6 Å². The van der Waals surface area contributed by atoms with Gasteiger partial charge in [0.05, 0.1) is 12.7 Å². The number of methoxy groups -OCH3 is 1. The van der Waals surface area contributed by atoms with Gasteiger partial charge in [0.25, 0.3) is 0 Å². The Bertz CT molecular complexity index is 1150. The summed E-state index contributed by atoms with van der Waals surface area (Å²) >= 11 is 0. The molecule has 1 amide bonds. The van der Waals surface area contributed by atoms with Crippen LogP contribution in [0.2, 0.25) is 0 Å². The van der Waals surface area contributed by atoms with E-state index in [0.29, 0.717) is 0 Å². The molecule has 1 atom stereocenters. The lowest BCUT2D eigenvalue weighted by Gasteiger charge is -2.28. The first kappa shape index (κ1) is 21.4. The molecule has 1 aliphatic rings. The van der Waals surface area contributed by atoms with E-state index in [1.807, 2.05) is 48.5 Å². The first-order valence-corrected chi connectivity index (χ1v) is 10.1.